The number of halogens is 3. The van der Waals surface area contributed by atoms with Crippen LogP contribution in [0.15, 0.2) is 42.5 Å². The van der Waals surface area contributed by atoms with Gasteiger partial charge >= 0.3 is 0 Å². The summed E-state index contributed by atoms with van der Waals surface area (Å²) in [6, 6.07) is 9.95. The number of rotatable bonds is 3. The molecule has 4 heteroatoms. The van der Waals surface area contributed by atoms with Crippen LogP contribution in [-0.2, 0) is 0 Å². The van der Waals surface area contributed by atoms with Gasteiger partial charge in [0.15, 0.2) is 0 Å². The van der Waals surface area contributed by atoms with E-state index in [0.717, 1.165) is 0 Å². The molecule has 1 N–H and O–H groups in total. The first-order valence-corrected chi connectivity index (χ1v) is 5.88. The lowest BCUT2D eigenvalue weighted by Gasteiger charge is -2.19. The number of nitrogens with one attached hydrogen (secondary N) is 1. The Morgan fingerprint density at radius 3 is 2.44 bits per heavy atom. The Morgan fingerprint density at radius 1 is 1.06 bits per heavy atom. The SMILES string of the molecule is CNC(c1ccccc1F)c1cc(F)ccc1Cl. The predicted molar refractivity (Wildman–Crippen MR) is 68.7 cm³/mol. The first-order chi connectivity index (χ1) is 8.63. The van der Waals surface area contributed by atoms with Crippen molar-refractivity contribution in [2.45, 2.75) is 6.04 Å². The Hall–Kier alpha value is -1.45. The molecule has 0 spiro atoms. The van der Waals surface area contributed by atoms with Crippen LogP contribution in [0.5, 0.6) is 0 Å². The zero-order chi connectivity index (χ0) is 13.1. The van der Waals surface area contributed by atoms with Crippen molar-refractivity contribution in [1.29, 1.82) is 0 Å². The van der Waals surface area contributed by atoms with Gasteiger partial charge in [-0.2, -0.15) is 0 Å². The summed E-state index contributed by atoms with van der Waals surface area (Å²) in [5.74, 6) is -0.747. The molecule has 0 aromatic heterocycles. The van der Waals surface area contributed by atoms with Crippen LogP contribution in [-0.4, -0.2) is 7.05 Å². The summed E-state index contributed by atoms with van der Waals surface area (Å²) in [7, 11) is 1.68. The first-order valence-electron chi connectivity index (χ1n) is 5.50. The van der Waals surface area contributed by atoms with E-state index in [2.05, 4.69) is 5.32 Å². The topological polar surface area (TPSA) is 12.0 Å². The molecular weight excluding hydrogens is 256 g/mol. The zero-order valence-electron chi connectivity index (χ0n) is 9.75. The van der Waals surface area contributed by atoms with E-state index in [-0.39, 0.29) is 5.82 Å². The summed E-state index contributed by atoms with van der Waals surface area (Å²) in [5.41, 5.74) is 0.955. The standard InChI is InChI=1S/C14H12ClF2N/c1-18-14(10-4-2-3-5-13(10)17)11-8-9(16)6-7-12(11)15/h2-8,14,18H,1H3. The van der Waals surface area contributed by atoms with Crippen molar-refractivity contribution in [3.8, 4) is 0 Å². The molecular formula is C14H12ClF2N. The van der Waals surface area contributed by atoms with Gasteiger partial charge in [-0.05, 0) is 36.9 Å². The van der Waals surface area contributed by atoms with Gasteiger partial charge in [0, 0.05) is 10.6 Å². The maximum Gasteiger partial charge on any atom is 0.128 e. The highest BCUT2D eigenvalue weighted by Crippen LogP contribution is 2.30. The molecule has 18 heavy (non-hydrogen) atoms. The molecule has 0 saturated heterocycles. The molecule has 2 aromatic rings. The average molecular weight is 268 g/mol. The van der Waals surface area contributed by atoms with Gasteiger partial charge in [-0.3, -0.25) is 0 Å². The summed E-state index contributed by atoms with van der Waals surface area (Å²) in [4.78, 5) is 0. The van der Waals surface area contributed by atoms with Crippen molar-refractivity contribution in [2.75, 3.05) is 7.05 Å². The molecule has 0 amide bonds. The molecule has 0 heterocycles. The fraction of sp³-hybridized carbons (Fsp3) is 0.143. The lowest BCUT2D eigenvalue weighted by molar-refractivity contribution is 0.571. The van der Waals surface area contributed by atoms with Crippen molar-refractivity contribution in [2.24, 2.45) is 0 Å². The molecule has 0 aliphatic carbocycles. The summed E-state index contributed by atoms with van der Waals surface area (Å²) in [6.45, 7) is 0. The van der Waals surface area contributed by atoms with Gasteiger partial charge in [0.1, 0.15) is 11.6 Å². The van der Waals surface area contributed by atoms with Gasteiger partial charge in [-0.25, -0.2) is 8.78 Å². The molecule has 1 atom stereocenters. The van der Waals surface area contributed by atoms with E-state index >= 15 is 0 Å². The fourth-order valence-corrected chi connectivity index (χ4v) is 2.15. The molecule has 94 valence electrons. The average Bonchev–Trinajstić information content (AvgIpc) is 2.36. The second-order valence-corrected chi connectivity index (χ2v) is 4.32. The second-order valence-electron chi connectivity index (χ2n) is 3.91. The first kappa shape index (κ1) is 13.0. The van der Waals surface area contributed by atoms with Crippen molar-refractivity contribution in [3.05, 3.63) is 70.2 Å². The van der Waals surface area contributed by atoms with Gasteiger partial charge in [0.25, 0.3) is 0 Å². The third kappa shape index (κ3) is 2.52. The monoisotopic (exact) mass is 267 g/mol. The number of hydrogen-bond acceptors (Lipinski definition) is 1. The highest BCUT2D eigenvalue weighted by atomic mass is 35.5. The summed E-state index contributed by atoms with van der Waals surface area (Å²) < 4.78 is 27.0. The van der Waals surface area contributed by atoms with E-state index in [1.165, 1.54) is 24.3 Å². The molecule has 1 nitrogen and oxygen atoms in total. The van der Waals surface area contributed by atoms with Crippen molar-refractivity contribution in [1.82, 2.24) is 5.32 Å². The quantitative estimate of drug-likeness (QED) is 0.889. The van der Waals surface area contributed by atoms with Crippen LogP contribution < -0.4 is 5.32 Å². The maximum atomic E-state index is 13.8. The fourth-order valence-electron chi connectivity index (χ4n) is 1.92. The molecule has 0 fully saturated rings. The highest BCUT2D eigenvalue weighted by Gasteiger charge is 2.18. The Bertz CT molecular complexity index is 557. The lowest BCUT2D eigenvalue weighted by atomic mass is 9.98. The van der Waals surface area contributed by atoms with E-state index in [1.54, 1.807) is 25.2 Å². The molecule has 1 unspecified atom stereocenters. The number of hydrogen-bond donors (Lipinski definition) is 1. The lowest BCUT2D eigenvalue weighted by Crippen LogP contribution is -2.19. The van der Waals surface area contributed by atoms with E-state index in [0.29, 0.717) is 16.1 Å². The summed E-state index contributed by atoms with van der Waals surface area (Å²) >= 11 is 6.04. The smallest absolute Gasteiger partial charge is 0.128 e. The van der Waals surface area contributed by atoms with Crippen molar-refractivity contribution < 1.29 is 8.78 Å². The summed E-state index contributed by atoms with van der Waals surface area (Å²) in [5, 5.41) is 3.35. The highest BCUT2D eigenvalue weighted by molar-refractivity contribution is 6.31. The molecule has 2 aromatic carbocycles. The van der Waals surface area contributed by atoms with Crippen LogP contribution in [0.1, 0.15) is 17.2 Å². The third-order valence-corrected chi connectivity index (χ3v) is 3.12. The van der Waals surface area contributed by atoms with Crippen LogP contribution in [0.25, 0.3) is 0 Å². The van der Waals surface area contributed by atoms with Crippen LogP contribution in [0, 0.1) is 11.6 Å². The molecule has 0 saturated carbocycles. The van der Waals surface area contributed by atoms with Crippen molar-refractivity contribution >= 4 is 11.6 Å². The van der Waals surface area contributed by atoms with Gasteiger partial charge < -0.3 is 5.32 Å². The third-order valence-electron chi connectivity index (χ3n) is 2.77. The predicted octanol–water partition coefficient (Wildman–Crippen LogP) is 3.93. The van der Waals surface area contributed by atoms with Gasteiger partial charge in [0.2, 0.25) is 0 Å². The van der Waals surface area contributed by atoms with Gasteiger partial charge in [0.05, 0.1) is 6.04 Å². The van der Waals surface area contributed by atoms with E-state index in [4.69, 9.17) is 11.6 Å². The molecule has 0 bridgehead atoms. The normalized spacial score (nSPS) is 12.4. The Kier molecular flexibility index (Phi) is 3.94. The van der Waals surface area contributed by atoms with Gasteiger partial charge in [-0.1, -0.05) is 29.8 Å². The maximum absolute atomic E-state index is 13.8. The Balaban J connectivity index is 2.52. The summed E-state index contributed by atoms with van der Waals surface area (Å²) in [6.07, 6.45) is 0. The molecule has 2 rings (SSSR count). The van der Waals surface area contributed by atoms with Crippen LogP contribution >= 0.6 is 11.6 Å². The Morgan fingerprint density at radius 2 is 1.78 bits per heavy atom. The minimum absolute atomic E-state index is 0.350. The minimum atomic E-state index is -0.477. The van der Waals surface area contributed by atoms with Crippen LogP contribution in [0.3, 0.4) is 0 Å². The van der Waals surface area contributed by atoms with E-state index < -0.39 is 11.9 Å². The molecule has 0 radical (unpaired) electrons. The van der Waals surface area contributed by atoms with Crippen LogP contribution in [0.2, 0.25) is 5.02 Å². The van der Waals surface area contributed by atoms with Gasteiger partial charge in [-0.15, -0.1) is 0 Å². The largest absolute Gasteiger partial charge is 0.309 e. The second kappa shape index (κ2) is 5.46. The van der Waals surface area contributed by atoms with Crippen LogP contribution in [0.4, 0.5) is 8.78 Å². The van der Waals surface area contributed by atoms with E-state index in [1.807, 2.05) is 0 Å². The Labute approximate surface area is 109 Å². The zero-order valence-corrected chi connectivity index (χ0v) is 10.5. The number of benzene rings is 2. The molecule has 0 aliphatic heterocycles. The molecule has 0 aliphatic rings. The van der Waals surface area contributed by atoms with E-state index in [9.17, 15) is 8.78 Å². The van der Waals surface area contributed by atoms with Crippen molar-refractivity contribution in [3.63, 3.8) is 0 Å². The minimum Gasteiger partial charge on any atom is -0.309 e.